The Morgan fingerprint density at radius 2 is 1.86 bits per heavy atom. The lowest BCUT2D eigenvalue weighted by Gasteiger charge is -1.99. The first-order valence-electron chi connectivity index (χ1n) is 4.21. The molecule has 0 fully saturated rings. The number of pyridine rings is 1. The molecule has 0 radical (unpaired) electrons. The van der Waals surface area contributed by atoms with E-state index < -0.39 is 0 Å². The monoisotopic (exact) mass is 205 g/mol. The SMILES string of the molecule is O=c1cc(Cl)[nH]cc1-c1ccccc1. The first-order chi connectivity index (χ1) is 6.77. The number of aromatic nitrogens is 1. The van der Waals surface area contributed by atoms with Crippen molar-refractivity contribution < 1.29 is 0 Å². The number of H-pyrrole nitrogens is 1. The number of nitrogens with one attached hydrogen (secondary N) is 1. The van der Waals surface area contributed by atoms with Crippen molar-refractivity contribution in [1.29, 1.82) is 0 Å². The number of hydrogen-bond donors (Lipinski definition) is 1. The van der Waals surface area contributed by atoms with Crippen molar-refractivity contribution in [3.05, 3.63) is 58.0 Å². The highest BCUT2D eigenvalue weighted by molar-refractivity contribution is 6.29. The summed E-state index contributed by atoms with van der Waals surface area (Å²) >= 11 is 5.65. The highest BCUT2D eigenvalue weighted by atomic mass is 35.5. The predicted molar refractivity (Wildman–Crippen MR) is 57.5 cm³/mol. The minimum atomic E-state index is -0.0695. The van der Waals surface area contributed by atoms with Gasteiger partial charge in [0.15, 0.2) is 5.43 Å². The summed E-state index contributed by atoms with van der Waals surface area (Å²) in [6.07, 6.45) is 1.62. The molecule has 0 spiro atoms. The molecule has 2 rings (SSSR count). The molecule has 0 atom stereocenters. The molecular formula is C11H8ClNO. The van der Waals surface area contributed by atoms with E-state index in [2.05, 4.69) is 4.98 Å². The number of benzene rings is 1. The summed E-state index contributed by atoms with van der Waals surface area (Å²) in [6, 6.07) is 10.8. The van der Waals surface area contributed by atoms with Gasteiger partial charge >= 0.3 is 0 Å². The van der Waals surface area contributed by atoms with Gasteiger partial charge in [-0.15, -0.1) is 0 Å². The molecule has 0 saturated heterocycles. The van der Waals surface area contributed by atoms with Crippen LogP contribution in [0.3, 0.4) is 0 Å². The van der Waals surface area contributed by atoms with Gasteiger partial charge in [0, 0.05) is 17.8 Å². The third-order valence-electron chi connectivity index (χ3n) is 1.96. The zero-order valence-electron chi connectivity index (χ0n) is 7.33. The van der Waals surface area contributed by atoms with E-state index in [1.165, 1.54) is 6.07 Å². The Bertz CT molecular complexity index is 490. The highest BCUT2D eigenvalue weighted by Crippen LogP contribution is 2.14. The Balaban J connectivity index is 2.59. The van der Waals surface area contributed by atoms with Gasteiger partial charge in [-0.1, -0.05) is 41.9 Å². The van der Waals surface area contributed by atoms with Crippen molar-refractivity contribution in [2.24, 2.45) is 0 Å². The van der Waals surface area contributed by atoms with Crippen molar-refractivity contribution in [1.82, 2.24) is 4.98 Å². The van der Waals surface area contributed by atoms with Crippen molar-refractivity contribution >= 4 is 11.6 Å². The van der Waals surface area contributed by atoms with Crippen LogP contribution in [0.5, 0.6) is 0 Å². The van der Waals surface area contributed by atoms with Gasteiger partial charge in [0.25, 0.3) is 0 Å². The maximum absolute atomic E-state index is 11.5. The molecule has 0 aliphatic heterocycles. The van der Waals surface area contributed by atoms with E-state index in [4.69, 9.17) is 11.6 Å². The molecule has 14 heavy (non-hydrogen) atoms. The molecule has 1 heterocycles. The molecule has 0 unspecified atom stereocenters. The lowest BCUT2D eigenvalue weighted by Crippen LogP contribution is -2.03. The van der Waals surface area contributed by atoms with Crippen LogP contribution < -0.4 is 5.43 Å². The van der Waals surface area contributed by atoms with Crippen LogP contribution in [0, 0.1) is 0 Å². The Labute approximate surface area is 86.2 Å². The average molecular weight is 206 g/mol. The number of rotatable bonds is 1. The molecule has 1 aromatic heterocycles. The molecule has 3 heteroatoms. The summed E-state index contributed by atoms with van der Waals surface area (Å²) in [5.74, 6) is 0. The van der Waals surface area contributed by atoms with Crippen LogP contribution in [0.1, 0.15) is 0 Å². The third-order valence-corrected chi connectivity index (χ3v) is 2.18. The van der Waals surface area contributed by atoms with Gasteiger partial charge in [-0.25, -0.2) is 0 Å². The minimum absolute atomic E-state index is 0.0695. The third kappa shape index (κ3) is 1.70. The fraction of sp³-hybridized carbons (Fsp3) is 0. The van der Waals surface area contributed by atoms with Gasteiger partial charge in [-0.2, -0.15) is 0 Å². The standard InChI is InChI=1S/C11H8ClNO/c12-11-6-10(14)9(7-13-11)8-4-2-1-3-5-8/h1-7H,(H,13,14). The molecule has 0 aliphatic carbocycles. The molecular weight excluding hydrogens is 198 g/mol. The molecule has 2 aromatic rings. The van der Waals surface area contributed by atoms with E-state index in [0.717, 1.165) is 5.56 Å². The average Bonchev–Trinajstić information content (AvgIpc) is 2.19. The molecule has 70 valence electrons. The van der Waals surface area contributed by atoms with Crippen molar-refractivity contribution in [2.75, 3.05) is 0 Å². The van der Waals surface area contributed by atoms with Crippen LogP contribution in [-0.4, -0.2) is 4.98 Å². The predicted octanol–water partition coefficient (Wildman–Crippen LogP) is 2.70. The Morgan fingerprint density at radius 1 is 1.14 bits per heavy atom. The van der Waals surface area contributed by atoms with Gasteiger partial charge in [0.05, 0.1) is 0 Å². The van der Waals surface area contributed by atoms with Crippen molar-refractivity contribution in [3.8, 4) is 11.1 Å². The van der Waals surface area contributed by atoms with Crippen LogP contribution >= 0.6 is 11.6 Å². The molecule has 1 N–H and O–H groups in total. The number of hydrogen-bond acceptors (Lipinski definition) is 1. The zero-order valence-corrected chi connectivity index (χ0v) is 8.08. The second kappa shape index (κ2) is 3.68. The van der Waals surface area contributed by atoms with Crippen LogP contribution in [0.25, 0.3) is 11.1 Å². The Kier molecular flexibility index (Phi) is 2.37. The zero-order chi connectivity index (χ0) is 9.97. The summed E-state index contributed by atoms with van der Waals surface area (Å²) in [6.45, 7) is 0. The smallest absolute Gasteiger partial charge is 0.190 e. The topological polar surface area (TPSA) is 32.9 Å². The first-order valence-corrected chi connectivity index (χ1v) is 4.59. The molecule has 0 saturated carbocycles. The molecule has 0 amide bonds. The largest absolute Gasteiger partial charge is 0.352 e. The van der Waals surface area contributed by atoms with Crippen LogP contribution in [0.2, 0.25) is 5.15 Å². The second-order valence-corrected chi connectivity index (χ2v) is 3.33. The van der Waals surface area contributed by atoms with Crippen LogP contribution in [0.15, 0.2) is 47.4 Å². The fourth-order valence-electron chi connectivity index (χ4n) is 1.29. The van der Waals surface area contributed by atoms with E-state index >= 15 is 0 Å². The molecule has 2 nitrogen and oxygen atoms in total. The first kappa shape index (κ1) is 9.03. The summed E-state index contributed by atoms with van der Waals surface area (Å²) in [5, 5.41) is 0.356. The van der Waals surface area contributed by atoms with Gasteiger partial charge in [-0.05, 0) is 5.56 Å². The van der Waals surface area contributed by atoms with E-state index in [0.29, 0.717) is 10.7 Å². The second-order valence-electron chi connectivity index (χ2n) is 2.92. The van der Waals surface area contributed by atoms with Crippen molar-refractivity contribution in [3.63, 3.8) is 0 Å². The summed E-state index contributed by atoms with van der Waals surface area (Å²) in [7, 11) is 0. The van der Waals surface area contributed by atoms with E-state index in [9.17, 15) is 4.79 Å². The Morgan fingerprint density at radius 3 is 2.50 bits per heavy atom. The van der Waals surface area contributed by atoms with Gasteiger partial charge in [-0.3, -0.25) is 4.79 Å². The van der Waals surface area contributed by atoms with E-state index in [-0.39, 0.29) is 5.43 Å². The maximum Gasteiger partial charge on any atom is 0.190 e. The van der Waals surface area contributed by atoms with Crippen molar-refractivity contribution in [2.45, 2.75) is 0 Å². The van der Waals surface area contributed by atoms with E-state index in [1.54, 1.807) is 6.20 Å². The lowest BCUT2D eigenvalue weighted by atomic mass is 10.1. The fourth-order valence-corrected chi connectivity index (χ4v) is 1.44. The highest BCUT2D eigenvalue weighted by Gasteiger charge is 2.01. The van der Waals surface area contributed by atoms with Gasteiger partial charge < -0.3 is 4.98 Å². The van der Waals surface area contributed by atoms with E-state index in [1.807, 2.05) is 30.3 Å². The van der Waals surface area contributed by atoms with Gasteiger partial charge in [0.2, 0.25) is 0 Å². The molecule has 0 aliphatic rings. The van der Waals surface area contributed by atoms with Gasteiger partial charge in [0.1, 0.15) is 5.15 Å². The summed E-state index contributed by atoms with van der Waals surface area (Å²) in [5.41, 5.74) is 1.46. The molecule has 1 aromatic carbocycles. The summed E-state index contributed by atoms with van der Waals surface area (Å²) in [4.78, 5) is 14.3. The van der Waals surface area contributed by atoms with Crippen LogP contribution in [0.4, 0.5) is 0 Å². The normalized spacial score (nSPS) is 10.1. The quantitative estimate of drug-likeness (QED) is 0.714. The molecule has 0 bridgehead atoms. The maximum atomic E-state index is 11.5. The number of halogens is 1. The minimum Gasteiger partial charge on any atom is -0.352 e. The number of aromatic amines is 1. The lowest BCUT2D eigenvalue weighted by molar-refractivity contribution is 1.30. The van der Waals surface area contributed by atoms with Crippen LogP contribution in [-0.2, 0) is 0 Å². The Hall–Kier alpha value is -1.54. The summed E-state index contributed by atoms with van der Waals surface area (Å²) < 4.78 is 0.